The lowest BCUT2D eigenvalue weighted by molar-refractivity contribution is 0.400. The molecule has 0 amide bonds. The van der Waals surface area contributed by atoms with E-state index in [1.165, 1.54) is 0 Å². The van der Waals surface area contributed by atoms with E-state index in [2.05, 4.69) is 11.9 Å². The summed E-state index contributed by atoms with van der Waals surface area (Å²) in [6.45, 7) is 2.07. The summed E-state index contributed by atoms with van der Waals surface area (Å²) in [6, 6.07) is 7.68. The number of ether oxygens (including phenoxy) is 2. The maximum Gasteiger partial charge on any atom is 0.276 e. The van der Waals surface area contributed by atoms with Crippen LogP contribution in [0.2, 0.25) is 0 Å². The van der Waals surface area contributed by atoms with Crippen LogP contribution in [0.4, 0.5) is 0 Å². The molecule has 0 bridgehead atoms. The number of pyridine rings is 2. The molecule has 0 aliphatic carbocycles. The largest absolute Gasteiger partial charge is 0.496 e. The van der Waals surface area contributed by atoms with Crippen molar-refractivity contribution in [3.8, 4) is 22.6 Å². The van der Waals surface area contributed by atoms with Crippen LogP contribution in [0.5, 0.6) is 11.5 Å². The van der Waals surface area contributed by atoms with E-state index >= 15 is 0 Å². The minimum Gasteiger partial charge on any atom is -0.496 e. The Morgan fingerprint density at radius 2 is 1.88 bits per heavy atom. The van der Waals surface area contributed by atoms with Gasteiger partial charge in [0.2, 0.25) is 0 Å². The molecule has 24 heavy (non-hydrogen) atoms. The van der Waals surface area contributed by atoms with E-state index in [0.717, 1.165) is 40.0 Å². The van der Waals surface area contributed by atoms with Crippen molar-refractivity contribution in [1.82, 2.24) is 9.55 Å². The molecule has 0 unspecified atom stereocenters. The van der Waals surface area contributed by atoms with Crippen LogP contribution in [-0.2, 0) is 13.5 Å². The van der Waals surface area contributed by atoms with Crippen LogP contribution in [0, 0.1) is 0 Å². The Kier molecular flexibility index (Phi) is 4.25. The third kappa shape index (κ3) is 2.52. The van der Waals surface area contributed by atoms with Crippen molar-refractivity contribution in [2.75, 3.05) is 14.2 Å². The number of nitrogens with zero attached hydrogens (tertiary/aromatic N) is 2. The predicted octanol–water partition coefficient (Wildman–Crippen LogP) is 3.18. The number of hydrogen-bond donors (Lipinski definition) is 0. The Hall–Kier alpha value is -2.82. The zero-order chi connectivity index (χ0) is 17.3. The first-order valence-electron chi connectivity index (χ1n) is 7.80. The average Bonchev–Trinajstić information content (AvgIpc) is 2.63. The molecule has 2 aromatic heterocycles. The van der Waals surface area contributed by atoms with Gasteiger partial charge in [-0.3, -0.25) is 9.78 Å². The topological polar surface area (TPSA) is 53.4 Å². The second kappa shape index (κ2) is 6.35. The van der Waals surface area contributed by atoms with Gasteiger partial charge in [-0.15, -0.1) is 0 Å². The molecule has 2 heterocycles. The number of benzene rings is 1. The maximum absolute atomic E-state index is 12.3. The van der Waals surface area contributed by atoms with Crippen LogP contribution in [0.15, 0.2) is 41.5 Å². The summed E-state index contributed by atoms with van der Waals surface area (Å²) in [6.07, 6.45) is 4.29. The van der Waals surface area contributed by atoms with E-state index in [-0.39, 0.29) is 5.56 Å². The van der Waals surface area contributed by atoms with Gasteiger partial charge in [-0.05, 0) is 30.2 Å². The molecule has 5 heteroatoms. The molecule has 0 saturated heterocycles. The number of fused-ring (bicyclic) bond motifs is 1. The van der Waals surface area contributed by atoms with Gasteiger partial charge in [0, 0.05) is 36.0 Å². The third-order valence-corrected chi connectivity index (χ3v) is 4.22. The molecule has 124 valence electrons. The minimum absolute atomic E-state index is 0.120. The Balaban J connectivity index is 2.39. The molecule has 0 saturated carbocycles. The summed E-state index contributed by atoms with van der Waals surface area (Å²) in [7, 11) is 5.03. The van der Waals surface area contributed by atoms with Crippen molar-refractivity contribution >= 4 is 10.9 Å². The van der Waals surface area contributed by atoms with Gasteiger partial charge in [0.1, 0.15) is 17.0 Å². The van der Waals surface area contributed by atoms with Crippen LogP contribution < -0.4 is 15.0 Å². The molecule has 0 aliphatic rings. The van der Waals surface area contributed by atoms with Gasteiger partial charge < -0.3 is 14.0 Å². The summed E-state index contributed by atoms with van der Waals surface area (Å²) in [5, 5.41) is 0.796. The lowest BCUT2D eigenvalue weighted by Gasteiger charge is -2.16. The molecular weight excluding hydrogens is 304 g/mol. The molecule has 0 spiro atoms. The van der Waals surface area contributed by atoms with Crippen molar-refractivity contribution in [2.24, 2.45) is 7.05 Å². The van der Waals surface area contributed by atoms with E-state index in [9.17, 15) is 4.79 Å². The summed E-state index contributed by atoms with van der Waals surface area (Å²) < 4.78 is 12.7. The molecule has 3 aromatic rings. The number of aromatic nitrogens is 2. The molecule has 0 radical (unpaired) electrons. The lowest BCUT2D eigenvalue weighted by atomic mass is 9.98. The van der Waals surface area contributed by atoms with E-state index in [1.54, 1.807) is 32.0 Å². The Morgan fingerprint density at radius 3 is 2.54 bits per heavy atom. The zero-order valence-electron chi connectivity index (χ0n) is 14.3. The highest BCUT2D eigenvalue weighted by Gasteiger charge is 2.16. The zero-order valence-corrected chi connectivity index (χ0v) is 14.3. The Bertz CT molecular complexity index is 961. The van der Waals surface area contributed by atoms with Gasteiger partial charge in [0.15, 0.2) is 0 Å². The second-order valence-electron chi connectivity index (χ2n) is 5.58. The van der Waals surface area contributed by atoms with Crippen molar-refractivity contribution in [3.63, 3.8) is 0 Å². The molecule has 0 atom stereocenters. The van der Waals surface area contributed by atoms with Gasteiger partial charge >= 0.3 is 0 Å². The molecule has 0 fully saturated rings. The first-order valence-corrected chi connectivity index (χ1v) is 7.80. The standard InChI is InChI=1S/C19H20N2O3/c1-5-12-9-17(24-4)14(10-16(12)23-3)15-11-21(2)19(22)18-13(15)7-6-8-20-18/h6-11H,5H2,1-4H3. The smallest absolute Gasteiger partial charge is 0.276 e. The Labute approximate surface area is 140 Å². The highest BCUT2D eigenvalue weighted by Crippen LogP contribution is 2.38. The van der Waals surface area contributed by atoms with Crippen molar-refractivity contribution < 1.29 is 9.47 Å². The number of methoxy groups -OCH3 is 2. The molecule has 5 nitrogen and oxygen atoms in total. The number of hydrogen-bond acceptors (Lipinski definition) is 4. The van der Waals surface area contributed by atoms with Gasteiger partial charge in [0.05, 0.1) is 14.2 Å². The van der Waals surface area contributed by atoms with Gasteiger partial charge in [-0.1, -0.05) is 13.0 Å². The monoisotopic (exact) mass is 324 g/mol. The first-order chi connectivity index (χ1) is 11.6. The molecule has 0 N–H and O–H groups in total. The van der Waals surface area contributed by atoms with Gasteiger partial charge in [-0.2, -0.15) is 0 Å². The fraction of sp³-hybridized carbons (Fsp3) is 0.263. The number of rotatable bonds is 4. The van der Waals surface area contributed by atoms with Crippen molar-refractivity contribution in [3.05, 3.63) is 52.6 Å². The van der Waals surface area contributed by atoms with Crippen LogP contribution >= 0.6 is 0 Å². The first kappa shape index (κ1) is 16.1. The summed E-state index contributed by atoms with van der Waals surface area (Å²) >= 11 is 0. The summed E-state index contributed by atoms with van der Waals surface area (Å²) in [5.74, 6) is 1.55. The van der Waals surface area contributed by atoms with E-state index < -0.39 is 0 Å². The van der Waals surface area contributed by atoms with E-state index in [1.807, 2.05) is 30.5 Å². The summed E-state index contributed by atoms with van der Waals surface area (Å²) in [5.41, 5.74) is 3.16. The van der Waals surface area contributed by atoms with Gasteiger partial charge in [-0.25, -0.2) is 0 Å². The SMILES string of the molecule is CCc1cc(OC)c(-c2cn(C)c(=O)c3ncccc23)cc1OC. The van der Waals surface area contributed by atoms with Crippen LogP contribution in [0.25, 0.3) is 22.0 Å². The van der Waals surface area contributed by atoms with Crippen LogP contribution in [0.1, 0.15) is 12.5 Å². The number of aryl methyl sites for hydroxylation is 2. The molecule has 3 rings (SSSR count). The third-order valence-electron chi connectivity index (χ3n) is 4.22. The summed E-state index contributed by atoms with van der Waals surface area (Å²) in [4.78, 5) is 16.6. The van der Waals surface area contributed by atoms with Crippen LogP contribution in [-0.4, -0.2) is 23.8 Å². The molecule has 1 aromatic carbocycles. The van der Waals surface area contributed by atoms with Crippen molar-refractivity contribution in [1.29, 1.82) is 0 Å². The normalized spacial score (nSPS) is 10.8. The molecule has 0 aliphatic heterocycles. The van der Waals surface area contributed by atoms with E-state index in [4.69, 9.17) is 9.47 Å². The Morgan fingerprint density at radius 1 is 1.12 bits per heavy atom. The molecular formula is C19H20N2O3. The fourth-order valence-electron chi connectivity index (χ4n) is 2.94. The quantitative estimate of drug-likeness (QED) is 0.739. The highest BCUT2D eigenvalue weighted by molar-refractivity contribution is 5.95. The highest BCUT2D eigenvalue weighted by atomic mass is 16.5. The average molecular weight is 324 g/mol. The minimum atomic E-state index is -0.120. The van der Waals surface area contributed by atoms with E-state index in [0.29, 0.717) is 5.52 Å². The lowest BCUT2D eigenvalue weighted by Crippen LogP contribution is -2.17. The maximum atomic E-state index is 12.3. The van der Waals surface area contributed by atoms with Gasteiger partial charge in [0.25, 0.3) is 5.56 Å². The van der Waals surface area contributed by atoms with Crippen LogP contribution in [0.3, 0.4) is 0 Å². The second-order valence-corrected chi connectivity index (χ2v) is 5.58. The van der Waals surface area contributed by atoms with Crippen molar-refractivity contribution in [2.45, 2.75) is 13.3 Å². The fourth-order valence-corrected chi connectivity index (χ4v) is 2.94. The predicted molar refractivity (Wildman–Crippen MR) is 94.9 cm³/mol.